The Bertz CT molecular complexity index is 408. The van der Waals surface area contributed by atoms with Gasteiger partial charge in [0.05, 0.1) is 30.8 Å². The van der Waals surface area contributed by atoms with E-state index in [4.69, 9.17) is 16.3 Å². The first-order chi connectivity index (χ1) is 8.53. The molecular weight excluding hydrogens is 280 g/mol. The second-order valence-corrected chi connectivity index (χ2v) is 6.99. The highest BCUT2D eigenvalue weighted by molar-refractivity contribution is 7.91. The summed E-state index contributed by atoms with van der Waals surface area (Å²) in [7, 11) is -3.02. The zero-order valence-corrected chi connectivity index (χ0v) is 11.6. The van der Waals surface area contributed by atoms with Crippen LogP contribution < -0.4 is 0 Å². The lowest BCUT2D eigenvalue weighted by Crippen LogP contribution is -2.56. The minimum Gasteiger partial charge on any atom is -0.379 e. The number of hydrogen-bond donors (Lipinski definition) is 0. The van der Waals surface area contributed by atoms with Crippen molar-refractivity contribution in [2.45, 2.75) is 12.5 Å². The third kappa shape index (κ3) is 3.14. The monoisotopic (exact) mass is 296 g/mol. The van der Waals surface area contributed by atoms with Crippen LogP contribution in [0.4, 0.5) is 0 Å². The molecule has 0 aromatic heterocycles. The minimum atomic E-state index is -3.02. The van der Waals surface area contributed by atoms with Gasteiger partial charge in [-0.05, 0) is 6.42 Å². The Hall–Kier alpha value is -0.370. The fraction of sp³-hybridized carbons (Fsp3) is 0.900. The maximum Gasteiger partial charge on any atom is 0.252 e. The molecule has 0 aromatic carbocycles. The van der Waals surface area contributed by atoms with Crippen molar-refractivity contribution in [3.63, 3.8) is 0 Å². The lowest BCUT2D eigenvalue weighted by molar-refractivity contribution is -0.160. The van der Waals surface area contributed by atoms with Crippen LogP contribution in [0.5, 0.6) is 0 Å². The molecule has 0 aromatic rings. The highest BCUT2D eigenvalue weighted by Crippen LogP contribution is 2.20. The Morgan fingerprint density at radius 3 is 2.56 bits per heavy atom. The Morgan fingerprint density at radius 1 is 1.39 bits per heavy atom. The predicted octanol–water partition coefficient (Wildman–Crippen LogP) is -0.512. The molecule has 1 amide bonds. The summed E-state index contributed by atoms with van der Waals surface area (Å²) in [5, 5.41) is 3.40. The zero-order valence-electron chi connectivity index (χ0n) is 10.0. The van der Waals surface area contributed by atoms with Crippen LogP contribution in [0.25, 0.3) is 0 Å². The van der Waals surface area contributed by atoms with Crippen LogP contribution in [0.1, 0.15) is 6.42 Å². The molecular formula is C10H17ClN2O4S. The summed E-state index contributed by atoms with van der Waals surface area (Å²) < 4.78 is 28.3. The molecule has 0 spiro atoms. The Morgan fingerprint density at radius 2 is 2.06 bits per heavy atom. The number of hydrogen-bond acceptors (Lipinski definition) is 5. The van der Waals surface area contributed by atoms with Gasteiger partial charge in [-0.3, -0.25) is 9.80 Å². The van der Waals surface area contributed by atoms with Gasteiger partial charge in [-0.1, -0.05) is 0 Å². The third-order valence-corrected chi connectivity index (χ3v) is 5.20. The molecule has 0 saturated carbocycles. The molecule has 104 valence electrons. The Kier molecular flexibility index (Phi) is 4.47. The molecule has 0 N–H and O–H groups in total. The number of hydrazine groups is 1. The first-order valence-electron chi connectivity index (χ1n) is 5.94. The Labute approximate surface area is 112 Å². The molecule has 0 aliphatic carbocycles. The van der Waals surface area contributed by atoms with E-state index in [1.165, 1.54) is 0 Å². The van der Waals surface area contributed by atoms with E-state index in [9.17, 15) is 13.2 Å². The number of nitrogens with zero attached hydrogens (tertiary/aromatic N) is 2. The lowest BCUT2D eigenvalue weighted by atomic mass is 10.2. The van der Waals surface area contributed by atoms with Gasteiger partial charge in [-0.15, -0.1) is 11.6 Å². The fourth-order valence-corrected chi connectivity index (χ4v) is 4.21. The largest absolute Gasteiger partial charge is 0.379 e. The lowest BCUT2D eigenvalue weighted by Gasteiger charge is -2.40. The molecule has 2 fully saturated rings. The van der Waals surface area contributed by atoms with Crippen LogP contribution >= 0.6 is 11.6 Å². The second-order valence-electron chi connectivity index (χ2n) is 4.49. The topological polar surface area (TPSA) is 66.9 Å². The van der Waals surface area contributed by atoms with Crippen LogP contribution in [0.15, 0.2) is 0 Å². The van der Waals surface area contributed by atoms with E-state index in [1.54, 1.807) is 5.01 Å². The van der Waals surface area contributed by atoms with Crippen LogP contribution in [-0.2, 0) is 19.4 Å². The van der Waals surface area contributed by atoms with Crippen LogP contribution in [0.3, 0.4) is 0 Å². The summed E-state index contributed by atoms with van der Waals surface area (Å²) in [6.45, 7) is 2.29. The van der Waals surface area contributed by atoms with Crippen LogP contribution in [0, 0.1) is 0 Å². The maximum atomic E-state index is 11.9. The van der Waals surface area contributed by atoms with E-state index in [2.05, 4.69) is 0 Å². The van der Waals surface area contributed by atoms with E-state index in [-0.39, 0.29) is 29.3 Å². The standard InChI is InChI=1S/C10H17ClN2O4S/c11-7-10(14)13(12-2-4-17-5-3-12)9-1-6-18(15,16)8-9/h9H,1-8H2. The summed E-state index contributed by atoms with van der Waals surface area (Å²) in [6, 6.07) is -0.278. The number of rotatable bonds is 3. The molecule has 2 aliphatic heterocycles. The fourth-order valence-electron chi connectivity index (χ4n) is 2.39. The van der Waals surface area contributed by atoms with Gasteiger partial charge in [-0.25, -0.2) is 13.4 Å². The van der Waals surface area contributed by atoms with Gasteiger partial charge >= 0.3 is 0 Å². The normalized spacial score (nSPS) is 28.2. The van der Waals surface area contributed by atoms with E-state index in [0.717, 1.165) is 0 Å². The molecule has 8 heteroatoms. The minimum absolute atomic E-state index is 0.0347. The number of sulfone groups is 1. The summed E-state index contributed by atoms with van der Waals surface area (Å²) in [5.74, 6) is -0.185. The summed E-state index contributed by atoms with van der Waals surface area (Å²) >= 11 is 5.62. The number of morpholine rings is 1. The van der Waals surface area contributed by atoms with Gasteiger partial charge in [-0.2, -0.15) is 0 Å². The molecule has 2 aliphatic rings. The quantitative estimate of drug-likeness (QED) is 0.656. The van der Waals surface area contributed by atoms with Crippen molar-refractivity contribution in [3.05, 3.63) is 0 Å². The first kappa shape index (κ1) is 14.0. The number of carbonyl (C=O) groups is 1. The van der Waals surface area contributed by atoms with Crippen molar-refractivity contribution < 1.29 is 17.9 Å². The number of ether oxygens (including phenoxy) is 1. The smallest absolute Gasteiger partial charge is 0.252 e. The highest BCUT2D eigenvalue weighted by Gasteiger charge is 2.37. The van der Waals surface area contributed by atoms with E-state index in [1.807, 2.05) is 5.01 Å². The first-order valence-corrected chi connectivity index (χ1v) is 8.30. The molecule has 18 heavy (non-hydrogen) atoms. The summed E-state index contributed by atoms with van der Waals surface area (Å²) in [4.78, 5) is 11.9. The number of halogens is 1. The average molecular weight is 297 g/mol. The van der Waals surface area contributed by atoms with Gasteiger partial charge in [0.25, 0.3) is 5.91 Å². The van der Waals surface area contributed by atoms with Gasteiger partial charge in [0.2, 0.25) is 0 Å². The molecule has 2 rings (SSSR count). The van der Waals surface area contributed by atoms with Crippen molar-refractivity contribution in [1.82, 2.24) is 10.0 Å². The zero-order chi connectivity index (χ0) is 13.2. The molecule has 2 heterocycles. The third-order valence-electron chi connectivity index (χ3n) is 3.22. The Balaban J connectivity index is 2.12. The van der Waals surface area contributed by atoms with Crippen molar-refractivity contribution in [2.24, 2.45) is 0 Å². The number of alkyl halides is 1. The highest BCUT2D eigenvalue weighted by atomic mass is 35.5. The molecule has 0 bridgehead atoms. The van der Waals surface area contributed by atoms with E-state index < -0.39 is 9.84 Å². The van der Waals surface area contributed by atoms with E-state index in [0.29, 0.717) is 32.7 Å². The molecule has 6 nitrogen and oxygen atoms in total. The van der Waals surface area contributed by atoms with E-state index >= 15 is 0 Å². The molecule has 0 radical (unpaired) electrons. The van der Waals surface area contributed by atoms with Gasteiger partial charge in [0, 0.05) is 13.1 Å². The SMILES string of the molecule is O=C(CCl)N(C1CCS(=O)(=O)C1)N1CCOCC1. The average Bonchev–Trinajstić information content (AvgIpc) is 2.71. The molecule has 1 atom stereocenters. The van der Waals surface area contributed by atoms with Crippen molar-refractivity contribution >= 4 is 27.3 Å². The van der Waals surface area contributed by atoms with Gasteiger partial charge < -0.3 is 4.74 Å². The molecule has 2 saturated heterocycles. The predicted molar refractivity (Wildman–Crippen MR) is 67.0 cm³/mol. The van der Waals surface area contributed by atoms with Crippen molar-refractivity contribution in [3.8, 4) is 0 Å². The maximum absolute atomic E-state index is 11.9. The summed E-state index contributed by atoms with van der Waals surface area (Å²) in [6.07, 6.45) is 0.488. The summed E-state index contributed by atoms with van der Waals surface area (Å²) in [5.41, 5.74) is 0. The second kappa shape index (κ2) is 5.73. The van der Waals surface area contributed by atoms with Crippen LogP contribution in [0.2, 0.25) is 0 Å². The number of carbonyl (C=O) groups excluding carboxylic acids is 1. The van der Waals surface area contributed by atoms with Gasteiger partial charge in [0.15, 0.2) is 9.84 Å². The van der Waals surface area contributed by atoms with Crippen molar-refractivity contribution in [2.75, 3.05) is 43.7 Å². The van der Waals surface area contributed by atoms with Gasteiger partial charge in [0.1, 0.15) is 5.88 Å². The number of amides is 1. The van der Waals surface area contributed by atoms with Crippen LogP contribution in [-0.4, -0.2) is 74.1 Å². The molecule has 1 unspecified atom stereocenters. The van der Waals surface area contributed by atoms with Crippen molar-refractivity contribution in [1.29, 1.82) is 0 Å².